The fourth-order valence-electron chi connectivity index (χ4n) is 3.17. The van der Waals surface area contributed by atoms with Gasteiger partial charge < -0.3 is 5.11 Å². The van der Waals surface area contributed by atoms with Gasteiger partial charge in [-0.2, -0.15) is 0 Å². The zero-order chi connectivity index (χ0) is 16.8. The molecule has 3 rings (SSSR count). The molecule has 122 valence electrons. The Labute approximate surface area is 143 Å². The number of nitrogens with one attached hydrogen (secondary N) is 1. The molecule has 0 radical (unpaired) electrons. The predicted molar refractivity (Wildman–Crippen MR) is 98.9 cm³/mol. The first-order chi connectivity index (χ1) is 11.7. The van der Waals surface area contributed by atoms with Crippen molar-refractivity contribution in [3.05, 3.63) is 108 Å². The minimum Gasteiger partial charge on any atom is -0.392 e. The molecule has 0 saturated carbocycles. The maximum absolute atomic E-state index is 9.89. The molecule has 2 nitrogen and oxygen atoms in total. The summed E-state index contributed by atoms with van der Waals surface area (Å²) in [5.41, 5.74) is 2.97. The molecule has 0 aliphatic rings. The Morgan fingerprint density at radius 2 is 1.04 bits per heavy atom. The Bertz CT molecular complexity index is 642. The first-order valence-electron chi connectivity index (χ1n) is 8.33. The largest absolute Gasteiger partial charge is 0.392 e. The van der Waals surface area contributed by atoms with Crippen LogP contribution in [0.15, 0.2) is 91.0 Å². The molecule has 0 fully saturated rings. The molecule has 0 aromatic heterocycles. The van der Waals surface area contributed by atoms with Crippen molar-refractivity contribution in [1.29, 1.82) is 0 Å². The van der Waals surface area contributed by atoms with Crippen molar-refractivity contribution in [2.75, 3.05) is 6.54 Å². The molecule has 0 saturated heterocycles. The van der Waals surface area contributed by atoms with Crippen LogP contribution in [0, 0.1) is 0 Å². The fraction of sp³-hybridized carbons (Fsp3) is 0.182. The molecule has 1 atom stereocenters. The number of rotatable bonds is 6. The molecule has 0 aliphatic heterocycles. The van der Waals surface area contributed by atoms with E-state index in [1.807, 2.05) is 18.2 Å². The summed E-state index contributed by atoms with van der Waals surface area (Å²) in [7, 11) is 0. The quantitative estimate of drug-likeness (QED) is 0.675. The Hall–Kier alpha value is -2.42. The topological polar surface area (TPSA) is 32.3 Å². The molecule has 0 bridgehead atoms. The minimum absolute atomic E-state index is 0.430. The van der Waals surface area contributed by atoms with Crippen LogP contribution in [-0.4, -0.2) is 17.8 Å². The van der Waals surface area contributed by atoms with Crippen LogP contribution < -0.4 is 5.32 Å². The molecule has 3 aromatic carbocycles. The van der Waals surface area contributed by atoms with Crippen molar-refractivity contribution in [3.63, 3.8) is 0 Å². The second-order valence-electron chi connectivity index (χ2n) is 6.08. The molecule has 0 unspecified atom stereocenters. The lowest BCUT2D eigenvalue weighted by atomic mass is 9.77. The maximum Gasteiger partial charge on any atom is 0.0948 e. The van der Waals surface area contributed by atoms with Gasteiger partial charge in [0, 0.05) is 6.54 Å². The van der Waals surface area contributed by atoms with Gasteiger partial charge in [-0.1, -0.05) is 91.0 Å². The standard InChI is InChI=1S/C22H23NO/c1-18(24)17-23-22(19-11-5-2-6-12-19,20-13-7-3-8-14-20)21-15-9-4-10-16-21/h2-16,18,23-24H,17H2,1H3/t18-/m0/s1. The summed E-state index contributed by atoms with van der Waals surface area (Å²) in [6.45, 7) is 2.30. The van der Waals surface area contributed by atoms with Crippen molar-refractivity contribution >= 4 is 0 Å². The Morgan fingerprint density at radius 1 is 0.708 bits per heavy atom. The number of hydrogen-bond donors (Lipinski definition) is 2. The van der Waals surface area contributed by atoms with E-state index < -0.39 is 11.6 Å². The van der Waals surface area contributed by atoms with Crippen molar-refractivity contribution in [2.24, 2.45) is 0 Å². The zero-order valence-corrected chi connectivity index (χ0v) is 13.9. The number of hydrogen-bond acceptors (Lipinski definition) is 2. The maximum atomic E-state index is 9.89. The highest BCUT2D eigenvalue weighted by Gasteiger charge is 2.35. The lowest BCUT2D eigenvalue weighted by Crippen LogP contribution is -2.47. The summed E-state index contributed by atoms with van der Waals surface area (Å²) in [5.74, 6) is 0. The van der Waals surface area contributed by atoms with E-state index in [-0.39, 0.29) is 0 Å². The summed E-state index contributed by atoms with van der Waals surface area (Å²) in [4.78, 5) is 0. The van der Waals surface area contributed by atoms with E-state index in [1.54, 1.807) is 6.92 Å². The lowest BCUT2D eigenvalue weighted by molar-refractivity contribution is 0.182. The molecule has 3 aromatic rings. The van der Waals surface area contributed by atoms with E-state index in [1.165, 1.54) is 0 Å². The summed E-state index contributed by atoms with van der Waals surface area (Å²) in [6.07, 6.45) is -0.430. The summed E-state index contributed by atoms with van der Waals surface area (Å²) < 4.78 is 0. The van der Waals surface area contributed by atoms with Gasteiger partial charge in [-0.15, -0.1) is 0 Å². The molecule has 0 heterocycles. The van der Waals surface area contributed by atoms with Crippen LogP contribution >= 0.6 is 0 Å². The van der Waals surface area contributed by atoms with Gasteiger partial charge in [0.15, 0.2) is 0 Å². The molecule has 24 heavy (non-hydrogen) atoms. The highest BCUT2D eigenvalue weighted by atomic mass is 16.3. The van der Waals surface area contributed by atoms with Gasteiger partial charge in [-0.3, -0.25) is 5.32 Å². The van der Waals surface area contributed by atoms with E-state index in [4.69, 9.17) is 0 Å². The van der Waals surface area contributed by atoms with E-state index in [2.05, 4.69) is 78.1 Å². The fourth-order valence-corrected chi connectivity index (χ4v) is 3.17. The van der Waals surface area contributed by atoms with Gasteiger partial charge in [-0.25, -0.2) is 0 Å². The SMILES string of the molecule is C[C@H](O)CNC(c1ccccc1)(c1ccccc1)c1ccccc1. The van der Waals surface area contributed by atoms with Crippen molar-refractivity contribution in [2.45, 2.75) is 18.6 Å². The average molecular weight is 317 g/mol. The number of aliphatic hydroxyl groups is 1. The van der Waals surface area contributed by atoms with Gasteiger partial charge in [0.1, 0.15) is 0 Å². The average Bonchev–Trinajstić information content (AvgIpc) is 2.65. The summed E-state index contributed by atoms with van der Waals surface area (Å²) in [6, 6.07) is 31.2. The molecular weight excluding hydrogens is 294 g/mol. The van der Waals surface area contributed by atoms with E-state index in [9.17, 15) is 5.11 Å². The highest BCUT2D eigenvalue weighted by molar-refractivity contribution is 5.49. The third-order valence-electron chi connectivity index (χ3n) is 4.28. The zero-order valence-electron chi connectivity index (χ0n) is 13.9. The van der Waals surface area contributed by atoms with Gasteiger partial charge in [0.25, 0.3) is 0 Å². The first kappa shape index (κ1) is 16.4. The summed E-state index contributed by atoms with van der Waals surface area (Å²) in [5, 5.41) is 13.5. The van der Waals surface area contributed by atoms with Gasteiger partial charge in [0.05, 0.1) is 11.6 Å². The van der Waals surface area contributed by atoms with Crippen molar-refractivity contribution in [1.82, 2.24) is 5.32 Å². The van der Waals surface area contributed by atoms with E-state index in [0.29, 0.717) is 6.54 Å². The lowest BCUT2D eigenvalue weighted by Gasteiger charge is -2.37. The third-order valence-corrected chi connectivity index (χ3v) is 4.28. The molecule has 0 amide bonds. The van der Waals surface area contributed by atoms with Crippen LogP contribution in [0.4, 0.5) is 0 Å². The third kappa shape index (κ3) is 3.25. The summed E-state index contributed by atoms with van der Waals surface area (Å²) >= 11 is 0. The molecule has 2 heteroatoms. The van der Waals surface area contributed by atoms with Crippen molar-refractivity contribution in [3.8, 4) is 0 Å². The minimum atomic E-state index is -0.499. The number of aliphatic hydroxyl groups excluding tert-OH is 1. The number of benzene rings is 3. The molecule has 0 aliphatic carbocycles. The smallest absolute Gasteiger partial charge is 0.0948 e. The van der Waals surface area contributed by atoms with Crippen LogP contribution in [0.1, 0.15) is 23.6 Å². The monoisotopic (exact) mass is 317 g/mol. The molecule has 2 N–H and O–H groups in total. The molecular formula is C22H23NO. The van der Waals surface area contributed by atoms with Crippen LogP contribution in [0.2, 0.25) is 0 Å². The Balaban J connectivity index is 2.24. The van der Waals surface area contributed by atoms with Crippen LogP contribution in [0.25, 0.3) is 0 Å². The van der Waals surface area contributed by atoms with Crippen LogP contribution in [0.3, 0.4) is 0 Å². The van der Waals surface area contributed by atoms with Gasteiger partial charge >= 0.3 is 0 Å². The van der Waals surface area contributed by atoms with Crippen molar-refractivity contribution < 1.29 is 5.11 Å². The van der Waals surface area contributed by atoms with Gasteiger partial charge in [0.2, 0.25) is 0 Å². The normalized spacial score (nSPS) is 12.8. The highest BCUT2D eigenvalue weighted by Crippen LogP contribution is 2.36. The Morgan fingerprint density at radius 3 is 1.33 bits per heavy atom. The van der Waals surface area contributed by atoms with Crippen LogP contribution in [-0.2, 0) is 5.54 Å². The second kappa shape index (κ2) is 7.43. The van der Waals surface area contributed by atoms with Crippen LogP contribution in [0.5, 0.6) is 0 Å². The predicted octanol–water partition coefficient (Wildman–Crippen LogP) is 3.95. The van der Waals surface area contributed by atoms with E-state index >= 15 is 0 Å². The first-order valence-corrected chi connectivity index (χ1v) is 8.33. The Kier molecular flexibility index (Phi) is 5.09. The molecule has 0 spiro atoms. The van der Waals surface area contributed by atoms with Gasteiger partial charge in [-0.05, 0) is 23.6 Å². The van der Waals surface area contributed by atoms with E-state index in [0.717, 1.165) is 16.7 Å². The second-order valence-corrected chi connectivity index (χ2v) is 6.08.